The molecular weight excluding hydrogens is 258 g/mol. The van der Waals surface area contributed by atoms with Crippen molar-refractivity contribution < 1.29 is 19.0 Å². The zero-order valence-corrected chi connectivity index (χ0v) is 11.6. The Morgan fingerprint density at radius 2 is 2.05 bits per heavy atom. The van der Waals surface area contributed by atoms with E-state index in [0.717, 1.165) is 17.1 Å². The van der Waals surface area contributed by atoms with Gasteiger partial charge in [0.25, 0.3) is 0 Å². The Kier molecular flexibility index (Phi) is 3.78. The third-order valence-electron chi connectivity index (χ3n) is 3.65. The fourth-order valence-corrected chi connectivity index (χ4v) is 2.57. The van der Waals surface area contributed by atoms with Crippen molar-refractivity contribution >= 4 is 5.91 Å². The summed E-state index contributed by atoms with van der Waals surface area (Å²) in [6, 6.07) is 5.85. The molecule has 1 unspecified atom stereocenters. The maximum Gasteiger partial charge on any atom is 0.227 e. The summed E-state index contributed by atoms with van der Waals surface area (Å²) in [6.45, 7) is 5.07. The van der Waals surface area contributed by atoms with Crippen LogP contribution < -0.4 is 9.47 Å². The SMILES string of the molecule is CC1COCCN1C(=O)Cc1ccc2c(c1)OCCO2. The highest BCUT2D eigenvalue weighted by molar-refractivity contribution is 5.79. The Hall–Kier alpha value is -1.75. The van der Waals surface area contributed by atoms with Gasteiger partial charge >= 0.3 is 0 Å². The van der Waals surface area contributed by atoms with Crippen molar-refractivity contribution in [3.05, 3.63) is 23.8 Å². The molecule has 0 aliphatic carbocycles. The summed E-state index contributed by atoms with van der Waals surface area (Å²) in [4.78, 5) is 14.2. The quantitative estimate of drug-likeness (QED) is 0.816. The molecule has 2 aliphatic heterocycles. The first-order valence-corrected chi connectivity index (χ1v) is 7.00. The summed E-state index contributed by atoms with van der Waals surface area (Å²) in [5.41, 5.74) is 0.956. The molecular formula is C15H19NO4. The number of morpholine rings is 1. The zero-order valence-electron chi connectivity index (χ0n) is 11.6. The predicted molar refractivity (Wildman–Crippen MR) is 73.1 cm³/mol. The summed E-state index contributed by atoms with van der Waals surface area (Å²) in [5, 5.41) is 0. The minimum atomic E-state index is 0.137. The van der Waals surface area contributed by atoms with Crippen LogP contribution in [0.2, 0.25) is 0 Å². The van der Waals surface area contributed by atoms with Crippen LogP contribution in [0.25, 0.3) is 0 Å². The van der Waals surface area contributed by atoms with Gasteiger partial charge in [-0.05, 0) is 24.6 Å². The smallest absolute Gasteiger partial charge is 0.227 e. The van der Waals surface area contributed by atoms with Gasteiger partial charge in [-0.1, -0.05) is 6.07 Å². The number of fused-ring (bicyclic) bond motifs is 1. The minimum absolute atomic E-state index is 0.137. The van der Waals surface area contributed by atoms with Gasteiger partial charge in [-0.2, -0.15) is 0 Å². The van der Waals surface area contributed by atoms with E-state index in [1.807, 2.05) is 30.0 Å². The van der Waals surface area contributed by atoms with Gasteiger partial charge in [-0.15, -0.1) is 0 Å². The van der Waals surface area contributed by atoms with E-state index >= 15 is 0 Å². The number of carbonyl (C=O) groups excluding carboxylic acids is 1. The Morgan fingerprint density at radius 1 is 1.25 bits per heavy atom. The van der Waals surface area contributed by atoms with E-state index in [1.54, 1.807) is 0 Å². The van der Waals surface area contributed by atoms with Crippen LogP contribution in [-0.4, -0.2) is 49.8 Å². The molecule has 108 valence electrons. The molecule has 20 heavy (non-hydrogen) atoms. The maximum absolute atomic E-state index is 12.3. The lowest BCUT2D eigenvalue weighted by atomic mass is 10.1. The maximum atomic E-state index is 12.3. The van der Waals surface area contributed by atoms with E-state index in [-0.39, 0.29) is 11.9 Å². The second kappa shape index (κ2) is 5.71. The third-order valence-corrected chi connectivity index (χ3v) is 3.65. The lowest BCUT2D eigenvalue weighted by Gasteiger charge is -2.33. The van der Waals surface area contributed by atoms with E-state index in [1.165, 1.54) is 0 Å². The zero-order chi connectivity index (χ0) is 13.9. The fourth-order valence-electron chi connectivity index (χ4n) is 2.57. The molecule has 1 amide bonds. The van der Waals surface area contributed by atoms with Crippen LogP contribution in [0.15, 0.2) is 18.2 Å². The average molecular weight is 277 g/mol. The molecule has 0 radical (unpaired) electrons. The molecule has 0 N–H and O–H groups in total. The summed E-state index contributed by atoms with van der Waals surface area (Å²) in [5.74, 6) is 1.63. The number of hydrogen-bond acceptors (Lipinski definition) is 4. The minimum Gasteiger partial charge on any atom is -0.486 e. The molecule has 2 heterocycles. The molecule has 1 aromatic carbocycles. The van der Waals surface area contributed by atoms with Crippen LogP contribution >= 0.6 is 0 Å². The Balaban J connectivity index is 1.69. The first-order valence-electron chi connectivity index (χ1n) is 7.00. The van der Waals surface area contributed by atoms with E-state index in [9.17, 15) is 4.79 Å². The highest BCUT2D eigenvalue weighted by Gasteiger charge is 2.24. The van der Waals surface area contributed by atoms with Gasteiger partial charge in [0.1, 0.15) is 13.2 Å². The molecule has 1 aromatic rings. The first kappa shape index (κ1) is 13.2. The van der Waals surface area contributed by atoms with Crippen molar-refractivity contribution in [1.82, 2.24) is 4.90 Å². The summed E-state index contributed by atoms with van der Waals surface area (Å²) in [7, 11) is 0. The second-order valence-electron chi connectivity index (χ2n) is 5.17. The van der Waals surface area contributed by atoms with Crippen LogP contribution in [0.3, 0.4) is 0 Å². The van der Waals surface area contributed by atoms with Gasteiger partial charge in [-0.25, -0.2) is 0 Å². The number of nitrogens with zero attached hydrogens (tertiary/aromatic N) is 1. The summed E-state index contributed by atoms with van der Waals surface area (Å²) >= 11 is 0. The Bertz CT molecular complexity index is 503. The predicted octanol–water partition coefficient (Wildman–Crippen LogP) is 1.25. The van der Waals surface area contributed by atoms with Crippen molar-refractivity contribution in [1.29, 1.82) is 0 Å². The van der Waals surface area contributed by atoms with Crippen molar-refractivity contribution in [3.8, 4) is 11.5 Å². The van der Waals surface area contributed by atoms with Crippen molar-refractivity contribution in [2.75, 3.05) is 33.0 Å². The number of rotatable bonds is 2. The van der Waals surface area contributed by atoms with Gasteiger partial charge in [0, 0.05) is 6.54 Å². The first-order chi connectivity index (χ1) is 9.74. The number of hydrogen-bond donors (Lipinski definition) is 0. The normalized spacial score (nSPS) is 21.6. The van der Waals surface area contributed by atoms with Gasteiger partial charge in [0.15, 0.2) is 11.5 Å². The number of benzene rings is 1. The molecule has 1 atom stereocenters. The highest BCUT2D eigenvalue weighted by Crippen LogP contribution is 2.31. The topological polar surface area (TPSA) is 48.0 Å². The largest absolute Gasteiger partial charge is 0.486 e. The van der Waals surface area contributed by atoms with E-state index in [4.69, 9.17) is 14.2 Å². The van der Waals surface area contributed by atoms with Crippen LogP contribution in [0.4, 0.5) is 0 Å². The number of carbonyl (C=O) groups is 1. The molecule has 2 aliphatic rings. The highest BCUT2D eigenvalue weighted by atomic mass is 16.6. The van der Waals surface area contributed by atoms with Gasteiger partial charge in [0.2, 0.25) is 5.91 Å². The molecule has 0 saturated carbocycles. The molecule has 0 bridgehead atoms. The molecule has 1 fully saturated rings. The lowest BCUT2D eigenvalue weighted by molar-refractivity contribution is -0.138. The molecule has 5 heteroatoms. The van der Waals surface area contributed by atoms with Crippen molar-refractivity contribution in [2.24, 2.45) is 0 Å². The van der Waals surface area contributed by atoms with E-state index in [2.05, 4.69) is 0 Å². The van der Waals surface area contributed by atoms with Crippen LogP contribution in [0.5, 0.6) is 11.5 Å². The summed E-state index contributed by atoms with van der Waals surface area (Å²) in [6.07, 6.45) is 0.390. The molecule has 3 rings (SSSR count). The third kappa shape index (κ3) is 2.72. The van der Waals surface area contributed by atoms with Crippen molar-refractivity contribution in [3.63, 3.8) is 0 Å². The Labute approximate surface area is 118 Å². The van der Waals surface area contributed by atoms with Gasteiger partial charge in [-0.3, -0.25) is 4.79 Å². The fraction of sp³-hybridized carbons (Fsp3) is 0.533. The number of amides is 1. The van der Waals surface area contributed by atoms with E-state index in [0.29, 0.717) is 39.4 Å². The number of ether oxygens (including phenoxy) is 3. The second-order valence-corrected chi connectivity index (χ2v) is 5.17. The van der Waals surface area contributed by atoms with E-state index < -0.39 is 0 Å². The molecule has 0 spiro atoms. The molecule has 1 saturated heterocycles. The van der Waals surface area contributed by atoms with Crippen LogP contribution in [0, 0.1) is 0 Å². The molecule has 0 aromatic heterocycles. The van der Waals surface area contributed by atoms with Crippen molar-refractivity contribution in [2.45, 2.75) is 19.4 Å². The summed E-state index contributed by atoms with van der Waals surface area (Å²) < 4.78 is 16.4. The van der Waals surface area contributed by atoms with Gasteiger partial charge < -0.3 is 19.1 Å². The van der Waals surface area contributed by atoms with Crippen LogP contribution in [0.1, 0.15) is 12.5 Å². The monoisotopic (exact) mass is 277 g/mol. The van der Waals surface area contributed by atoms with Gasteiger partial charge in [0.05, 0.1) is 25.7 Å². The standard InChI is InChI=1S/C15H19NO4/c1-11-10-18-5-4-16(11)15(17)9-12-2-3-13-14(8-12)20-7-6-19-13/h2-3,8,11H,4-7,9-10H2,1H3. The Morgan fingerprint density at radius 3 is 2.85 bits per heavy atom. The van der Waals surface area contributed by atoms with Crippen LogP contribution in [-0.2, 0) is 16.0 Å². The lowest BCUT2D eigenvalue weighted by Crippen LogP contribution is -2.47. The average Bonchev–Trinajstić information content (AvgIpc) is 2.47. The molecule has 5 nitrogen and oxygen atoms in total.